The molecule has 0 amide bonds. The maximum absolute atomic E-state index is 10.6. The van der Waals surface area contributed by atoms with Gasteiger partial charge in [-0.1, -0.05) is 49.9 Å². The lowest BCUT2D eigenvalue weighted by atomic mass is 9.93. The van der Waals surface area contributed by atoms with Gasteiger partial charge in [-0.3, -0.25) is 4.90 Å². The molecule has 0 bridgehead atoms. The Hall–Kier alpha value is -2.12. The molecule has 3 atom stereocenters. The van der Waals surface area contributed by atoms with E-state index in [1.165, 1.54) is 0 Å². The molecule has 0 aliphatic carbocycles. The minimum Gasteiger partial charge on any atom is -0.490 e. The molecule has 32 heavy (non-hydrogen) atoms. The molecule has 2 aliphatic heterocycles. The summed E-state index contributed by atoms with van der Waals surface area (Å²) in [5, 5.41) is 24.4. The molecule has 2 fully saturated rings. The topological polar surface area (TPSA) is 68.2 Å². The number of β-amino-alcohol motifs (C(OH)–C–C–N with tert-alkyl or cyclic N) is 1. The predicted molar refractivity (Wildman–Crippen MR) is 130 cm³/mol. The zero-order valence-corrected chi connectivity index (χ0v) is 19.5. The Morgan fingerprint density at radius 1 is 1.28 bits per heavy atom. The van der Waals surface area contributed by atoms with Crippen molar-refractivity contribution in [2.45, 2.75) is 51.6 Å². The molecule has 0 saturated carbocycles. The van der Waals surface area contributed by atoms with Gasteiger partial charge in [0, 0.05) is 18.7 Å². The van der Waals surface area contributed by atoms with E-state index in [-0.39, 0.29) is 12.8 Å². The highest BCUT2D eigenvalue weighted by Gasteiger charge is 2.31. The zero-order valence-electron chi connectivity index (χ0n) is 19.5. The summed E-state index contributed by atoms with van der Waals surface area (Å²) in [5.74, 6) is 1.44. The molecule has 0 radical (unpaired) electrons. The molecular formula is C26H39N3O3. The summed E-state index contributed by atoms with van der Waals surface area (Å²) in [5.41, 5.74) is 1.65. The number of ether oxygens (including phenoxy) is 1. The van der Waals surface area contributed by atoms with Crippen LogP contribution in [0.15, 0.2) is 54.8 Å². The number of rotatable bonds is 10. The largest absolute Gasteiger partial charge is 0.490 e. The lowest BCUT2D eigenvalue weighted by molar-refractivity contribution is 0.0439. The van der Waals surface area contributed by atoms with Crippen molar-refractivity contribution < 1.29 is 14.9 Å². The van der Waals surface area contributed by atoms with Gasteiger partial charge in [0.25, 0.3) is 0 Å². The molecule has 3 N–H and O–H groups in total. The SMILES string of the molecule is C=C/C=C/CC1CCN(C[C@H](O)COc2ccccc2/C=C2\NC(C)N(CC)C2O)CC1. The molecule has 0 spiro atoms. The van der Waals surface area contributed by atoms with Crippen LogP contribution in [-0.2, 0) is 0 Å². The number of likely N-dealkylation sites (tertiary alicyclic amines) is 1. The van der Waals surface area contributed by atoms with Crippen molar-refractivity contribution >= 4 is 6.08 Å². The Bertz CT molecular complexity index is 786. The van der Waals surface area contributed by atoms with Gasteiger partial charge < -0.3 is 25.2 Å². The first-order valence-corrected chi connectivity index (χ1v) is 11.8. The third-order valence-electron chi connectivity index (χ3n) is 6.41. The normalized spacial score (nSPS) is 25.3. The molecule has 1 aromatic rings. The van der Waals surface area contributed by atoms with Gasteiger partial charge in [0.1, 0.15) is 24.7 Å². The number of aliphatic hydroxyl groups is 2. The number of nitrogens with one attached hydrogen (secondary N) is 1. The average molecular weight is 442 g/mol. The van der Waals surface area contributed by atoms with Gasteiger partial charge in [-0.2, -0.15) is 0 Å². The number of benzene rings is 1. The van der Waals surface area contributed by atoms with Gasteiger partial charge in [-0.05, 0) is 57.3 Å². The number of hydrogen-bond donors (Lipinski definition) is 3. The fourth-order valence-corrected chi connectivity index (χ4v) is 4.56. The van der Waals surface area contributed by atoms with Crippen LogP contribution in [0.25, 0.3) is 6.08 Å². The Morgan fingerprint density at radius 3 is 2.72 bits per heavy atom. The summed E-state index contributed by atoms with van der Waals surface area (Å²) in [6, 6.07) is 7.75. The van der Waals surface area contributed by atoms with E-state index in [9.17, 15) is 10.2 Å². The first kappa shape index (κ1) is 24.5. The molecule has 2 aliphatic rings. The summed E-state index contributed by atoms with van der Waals surface area (Å²) in [6.45, 7) is 11.5. The maximum Gasteiger partial charge on any atom is 0.149 e. The van der Waals surface area contributed by atoms with Gasteiger partial charge in [0.15, 0.2) is 0 Å². The second kappa shape index (κ2) is 12.2. The van der Waals surface area contributed by atoms with Crippen LogP contribution in [-0.4, -0.2) is 71.3 Å². The van der Waals surface area contributed by atoms with Crippen LogP contribution in [0.3, 0.4) is 0 Å². The molecule has 2 saturated heterocycles. The van der Waals surface area contributed by atoms with E-state index in [1.807, 2.05) is 61.2 Å². The molecular weight excluding hydrogens is 402 g/mol. The first-order valence-electron chi connectivity index (χ1n) is 11.8. The first-order chi connectivity index (χ1) is 15.5. The van der Waals surface area contributed by atoms with Crippen molar-refractivity contribution in [2.75, 3.05) is 32.8 Å². The molecule has 6 heteroatoms. The number of allylic oxidation sites excluding steroid dienone is 3. The second-order valence-electron chi connectivity index (χ2n) is 8.77. The van der Waals surface area contributed by atoms with Crippen molar-refractivity contribution in [2.24, 2.45) is 5.92 Å². The van der Waals surface area contributed by atoms with E-state index in [2.05, 4.69) is 22.9 Å². The zero-order chi connectivity index (χ0) is 22.9. The fourth-order valence-electron chi connectivity index (χ4n) is 4.56. The van der Waals surface area contributed by atoms with Crippen LogP contribution in [0.5, 0.6) is 5.75 Å². The molecule has 1 aromatic carbocycles. The Morgan fingerprint density at radius 2 is 2.03 bits per heavy atom. The number of aliphatic hydroxyl groups excluding tert-OH is 2. The van der Waals surface area contributed by atoms with Crippen LogP contribution in [0.2, 0.25) is 0 Å². The summed E-state index contributed by atoms with van der Waals surface area (Å²) in [7, 11) is 0. The number of para-hydroxylation sites is 1. The lowest BCUT2D eigenvalue weighted by Gasteiger charge is -2.32. The minimum absolute atomic E-state index is 0.0818. The van der Waals surface area contributed by atoms with Crippen LogP contribution in [0, 0.1) is 5.92 Å². The van der Waals surface area contributed by atoms with E-state index in [0.29, 0.717) is 12.3 Å². The molecule has 176 valence electrons. The van der Waals surface area contributed by atoms with Gasteiger partial charge in [-0.15, -0.1) is 0 Å². The van der Waals surface area contributed by atoms with Crippen LogP contribution < -0.4 is 10.1 Å². The summed E-state index contributed by atoms with van der Waals surface area (Å²) in [4.78, 5) is 4.31. The molecule has 2 unspecified atom stereocenters. The van der Waals surface area contributed by atoms with Crippen molar-refractivity contribution in [3.05, 3.63) is 60.3 Å². The highest BCUT2D eigenvalue weighted by Crippen LogP contribution is 2.26. The van der Waals surface area contributed by atoms with Crippen LogP contribution >= 0.6 is 0 Å². The third-order valence-corrected chi connectivity index (χ3v) is 6.41. The number of likely N-dealkylation sites (N-methyl/N-ethyl adjacent to an activating group) is 1. The molecule has 0 aromatic heterocycles. The average Bonchev–Trinajstić information content (AvgIpc) is 3.06. The monoisotopic (exact) mass is 441 g/mol. The van der Waals surface area contributed by atoms with E-state index in [1.54, 1.807) is 0 Å². The molecule has 6 nitrogen and oxygen atoms in total. The van der Waals surface area contributed by atoms with Crippen LogP contribution in [0.1, 0.15) is 38.7 Å². The molecule has 3 rings (SSSR count). The van der Waals surface area contributed by atoms with Gasteiger partial charge in [0.2, 0.25) is 0 Å². The highest BCUT2D eigenvalue weighted by molar-refractivity contribution is 5.60. The Kier molecular flexibility index (Phi) is 9.36. The molecule has 2 heterocycles. The smallest absolute Gasteiger partial charge is 0.149 e. The third kappa shape index (κ3) is 6.69. The fraction of sp³-hybridized carbons (Fsp3) is 0.538. The van der Waals surface area contributed by atoms with E-state index in [0.717, 1.165) is 56.1 Å². The summed E-state index contributed by atoms with van der Waals surface area (Å²) < 4.78 is 5.99. The van der Waals surface area contributed by atoms with E-state index in [4.69, 9.17) is 4.74 Å². The number of piperidine rings is 1. The second-order valence-corrected chi connectivity index (χ2v) is 8.77. The predicted octanol–water partition coefficient (Wildman–Crippen LogP) is 3.20. The van der Waals surface area contributed by atoms with Gasteiger partial charge >= 0.3 is 0 Å². The minimum atomic E-state index is -0.649. The van der Waals surface area contributed by atoms with Crippen molar-refractivity contribution in [3.8, 4) is 5.75 Å². The summed E-state index contributed by atoms with van der Waals surface area (Å²) >= 11 is 0. The highest BCUT2D eigenvalue weighted by atomic mass is 16.5. The Labute approximate surface area is 192 Å². The summed E-state index contributed by atoms with van der Waals surface area (Å²) in [6.07, 6.45) is 10.3. The van der Waals surface area contributed by atoms with Gasteiger partial charge in [0.05, 0.1) is 11.9 Å². The standard InChI is InChI=1S/C26H39N3O3/c1-4-6-7-10-21-13-15-28(16-14-21)18-23(30)19-32-25-12-9-8-11-22(25)17-24-26(31)29(5-2)20(3)27-24/h4,6-9,11-12,17,20-21,23,26-27,30-31H,1,5,10,13-16,18-19H2,2-3H3/b7-6+,24-17-/t20?,23-,26?/m0/s1. The van der Waals surface area contributed by atoms with E-state index >= 15 is 0 Å². The lowest BCUT2D eigenvalue weighted by Crippen LogP contribution is -2.40. The van der Waals surface area contributed by atoms with Crippen LogP contribution in [0.4, 0.5) is 0 Å². The van der Waals surface area contributed by atoms with Crippen molar-refractivity contribution in [1.29, 1.82) is 0 Å². The van der Waals surface area contributed by atoms with E-state index < -0.39 is 12.3 Å². The Balaban J connectivity index is 1.50. The van der Waals surface area contributed by atoms with Gasteiger partial charge in [-0.25, -0.2) is 0 Å². The maximum atomic E-state index is 10.6. The number of hydrogen-bond acceptors (Lipinski definition) is 6. The number of nitrogens with zero attached hydrogens (tertiary/aromatic N) is 2. The van der Waals surface area contributed by atoms with Crippen molar-refractivity contribution in [1.82, 2.24) is 15.1 Å². The quantitative estimate of drug-likeness (QED) is 0.485. The van der Waals surface area contributed by atoms with Crippen molar-refractivity contribution in [3.63, 3.8) is 0 Å².